The van der Waals surface area contributed by atoms with E-state index in [4.69, 9.17) is 5.73 Å². The maximum atomic E-state index is 6.23. The molecular weight excluding hydrogens is 214 g/mol. The van der Waals surface area contributed by atoms with Crippen LogP contribution in [0.15, 0.2) is 12.7 Å². The van der Waals surface area contributed by atoms with Gasteiger partial charge in [-0.2, -0.15) is 5.10 Å². The van der Waals surface area contributed by atoms with Gasteiger partial charge in [-0.05, 0) is 31.6 Å². The number of nitrogens with two attached hydrogens (primary N) is 1. The average Bonchev–Trinajstić information content (AvgIpc) is 2.86. The minimum absolute atomic E-state index is 0.449. The van der Waals surface area contributed by atoms with E-state index in [2.05, 4.69) is 21.9 Å². The number of aromatic nitrogens is 3. The zero-order valence-electron chi connectivity index (χ0n) is 10.4. The van der Waals surface area contributed by atoms with E-state index in [-0.39, 0.29) is 0 Å². The van der Waals surface area contributed by atoms with E-state index in [1.807, 2.05) is 4.68 Å². The van der Waals surface area contributed by atoms with Gasteiger partial charge in [0.1, 0.15) is 12.7 Å². The van der Waals surface area contributed by atoms with E-state index in [1.54, 1.807) is 12.7 Å². The topological polar surface area (TPSA) is 60.0 Å². The maximum absolute atomic E-state index is 6.23. The van der Waals surface area contributed by atoms with E-state index < -0.39 is 0 Å². The normalized spacial score (nSPS) is 35.1. The zero-order chi connectivity index (χ0) is 11.8. The fourth-order valence-corrected chi connectivity index (χ4v) is 3.37. The molecular formula is C12H21N5. The van der Waals surface area contributed by atoms with Crippen LogP contribution in [-0.4, -0.2) is 44.8 Å². The fraction of sp³-hybridized carbons (Fsp3) is 0.833. The summed E-state index contributed by atoms with van der Waals surface area (Å²) in [5.74, 6) is 1.43. The standard InChI is InChI=1S/C12H21N5/c1-9(4-17-8-14-7-15-17)16-5-10-2-3-11(6-16)12(10)13/h7-12H,2-6,13H2,1H3/t9?,10-,11+,12?. The largest absolute Gasteiger partial charge is 0.327 e. The van der Waals surface area contributed by atoms with E-state index in [0.29, 0.717) is 23.9 Å². The summed E-state index contributed by atoms with van der Waals surface area (Å²) < 4.78 is 1.92. The van der Waals surface area contributed by atoms with Crippen molar-refractivity contribution in [2.75, 3.05) is 13.1 Å². The highest BCUT2D eigenvalue weighted by Crippen LogP contribution is 2.36. The van der Waals surface area contributed by atoms with Crippen LogP contribution >= 0.6 is 0 Å². The van der Waals surface area contributed by atoms with Gasteiger partial charge >= 0.3 is 0 Å². The second kappa shape index (κ2) is 4.38. The highest BCUT2D eigenvalue weighted by molar-refractivity contribution is 4.96. The molecule has 94 valence electrons. The van der Waals surface area contributed by atoms with Gasteiger partial charge in [0.05, 0.1) is 6.54 Å². The van der Waals surface area contributed by atoms with Gasteiger partial charge < -0.3 is 5.73 Å². The number of nitrogens with zero attached hydrogens (tertiary/aromatic N) is 4. The molecule has 2 aliphatic rings. The number of hydrogen-bond acceptors (Lipinski definition) is 4. The Bertz CT molecular complexity index is 349. The highest BCUT2D eigenvalue weighted by Gasteiger charge is 2.40. The predicted octanol–water partition coefficient (Wildman–Crippen LogP) is 0.336. The molecule has 2 heterocycles. The minimum atomic E-state index is 0.449. The first kappa shape index (κ1) is 11.2. The summed E-state index contributed by atoms with van der Waals surface area (Å²) in [5, 5.41) is 4.17. The van der Waals surface area contributed by atoms with Crippen molar-refractivity contribution in [1.29, 1.82) is 0 Å². The molecule has 0 radical (unpaired) electrons. The number of piperidine rings is 1. The Labute approximate surface area is 102 Å². The summed E-state index contributed by atoms with van der Waals surface area (Å²) in [5.41, 5.74) is 6.23. The molecule has 0 aromatic carbocycles. The molecule has 3 rings (SSSR count). The van der Waals surface area contributed by atoms with Crippen LogP contribution in [0.25, 0.3) is 0 Å². The summed E-state index contributed by atoms with van der Waals surface area (Å²) in [6.45, 7) is 5.52. The molecule has 1 saturated carbocycles. The molecule has 5 heteroatoms. The van der Waals surface area contributed by atoms with Crippen molar-refractivity contribution in [3.8, 4) is 0 Å². The third-order valence-electron chi connectivity index (χ3n) is 4.48. The van der Waals surface area contributed by atoms with E-state index in [1.165, 1.54) is 12.8 Å². The Morgan fingerprint density at radius 3 is 2.65 bits per heavy atom. The summed E-state index contributed by atoms with van der Waals surface area (Å²) in [7, 11) is 0. The first-order chi connectivity index (χ1) is 8.24. The zero-order valence-corrected chi connectivity index (χ0v) is 10.4. The van der Waals surface area contributed by atoms with E-state index in [9.17, 15) is 0 Å². The fourth-order valence-electron chi connectivity index (χ4n) is 3.37. The number of likely N-dealkylation sites (tertiary alicyclic amines) is 1. The van der Waals surface area contributed by atoms with Gasteiger partial charge in [0, 0.05) is 25.2 Å². The first-order valence-electron chi connectivity index (χ1n) is 6.56. The molecule has 2 fully saturated rings. The van der Waals surface area contributed by atoms with Crippen molar-refractivity contribution in [2.45, 2.75) is 38.4 Å². The lowest BCUT2D eigenvalue weighted by Crippen LogP contribution is -2.52. The highest BCUT2D eigenvalue weighted by atomic mass is 15.3. The van der Waals surface area contributed by atoms with Crippen molar-refractivity contribution in [3.05, 3.63) is 12.7 Å². The Morgan fingerprint density at radius 1 is 1.35 bits per heavy atom. The molecule has 5 nitrogen and oxygen atoms in total. The summed E-state index contributed by atoms with van der Waals surface area (Å²) in [6.07, 6.45) is 6.03. The van der Waals surface area contributed by atoms with Gasteiger partial charge in [-0.3, -0.25) is 9.58 Å². The third-order valence-corrected chi connectivity index (χ3v) is 4.48. The van der Waals surface area contributed by atoms with Crippen LogP contribution < -0.4 is 5.73 Å². The van der Waals surface area contributed by atoms with E-state index in [0.717, 1.165) is 19.6 Å². The monoisotopic (exact) mass is 235 g/mol. The summed E-state index contributed by atoms with van der Waals surface area (Å²) in [4.78, 5) is 6.56. The average molecular weight is 235 g/mol. The molecule has 1 aliphatic carbocycles. The number of rotatable bonds is 3. The molecule has 4 atom stereocenters. The molecule has 0 spiro atoms. The maximum Gasteiger partial charge on any atom is 0.137 e. The summed E-state index contributed by atoms with van der Waals surface area (Å²) in [6, 6.07) is 0.970. The lowest BCUT2D eigenvalue weighted by atomic mass is 9.92. The number of hydrogen-bond donors (Lipinski definition) is 1. The molecule has 2 unspecified atom stereocenters. The molecule has 17 heavy (non-hydrogen) atoms. The van der Waals surface area contributed by atoms with Crippen molar-refractivity contribution in [1.82, 2.24) is 19.7 Å². The molecule has 1 aliphatic heterocycles. The van der Waals surface area contributed by atoms with Gasteiger partial charge in [-0.15, -0.1) is 0 Å². The van der Waals surface area contributed by atoms with Gasteiger partial charge in [0.2, 0.25) is 0 Å². The lowest BCUT2D eigenvalue weighted by molar-refractivity contribution is 0.0984. The van der Waals surface area contributed by atoms with Crippen molar-refractivity contribution in [3.63, 3.8) is 0 Å². The second-order valence-corrected chi connectivity index (χ2v) is 5.60. The minimum Gasteiger partial charge on any atom is -0.327 e. The Kier molecular flexibility index (Phi) is 2.88. The van der Waals surface area contributed by atoms with Crippen LogP contribution in [0.1, 0.15) is 19.8 Å². The van der Waals surface area contributed by atoms with Crippen LogP contribution in [0, 0.1) is 11.8 Å². The predicted molar refractivity (Wildman–Crippen MR) is 65.2 cm³/mol. The van der Waals surface area contributed by atoms with Gasteiger partial charge in [-0.1, -0.05) is 0 Å². The number of fused-ring (bicyclic) bond motifs is 2. The van der Waals surface area contributed by atoms with Crippen LogP contribution in [0.2, 0.25) is 0 Å². The third kappa shape index (κ3) is 2.09. The van der Waals surface area contributed by atoms with E-state index >= 15 is 0 Å². The SMILES string of the molecule is CC(Cn1cncn1)N1C[C@H]2CC[C@@H](C1)C2N. The first-order valence-corrected chi connectivity index (χ1v) is 6.56. The Morgan fingerprint density at radius 2 is 2.06 bits per heavy atom. The lowest BCUT2D eigenvalue weighted by Gasteiger charge is -2.39. The van der Waals surface area contributed by atoms with Gasteiger partial charge in [0.25, 0.3) is 0 Å². The molecule has 2 N–H and O–H groups in total. The second-order valence-electron chi connectivity index (χ2n) is 5.60. The molecule has 1 aromatic rings. The summed E-state index contributed by atoms with van der Waals surface area (Å²) >= 11 is 0. The molecule has 1 aromatic heterocycles. The van der Waals surface area contributed by atoms with Crippen LogP contribution in [0.5, 0.6) is 0 Å². The Hall–Kier alpha value is -0.940. The Balaban J connectivity index is 1.62. The molecule has 2 bridgehead atoms. The van der Waals surface area contributed by atoms with Gasteiger partial charge in [-0.25, -0.2) is 4.98 Å². The van der Waals surface area contributed by atoms with Crippen molar-refractivity contribution < 1.29 is 0 Å². The van der Waals surface area contributed by atoms with Crippen LogP contribution in [0.3, 0.4) is 0 Å². The van der Waals surface area contributed by atoms with Crippen molar-refractivity contribution in [2.24, 2.45) is 17.6 Å². The van der Waals surface area contributed by atoms with Gasteiger partial charge in [0.15, 0.2) is 0 Å². The molecule has 0 amide bonds. The van der Waals surface area contributed by atoms with Crippen molar-refractivity contribution >= 4 is 0 Å². The molecule has 1 saturated heterocycles. The smallest absolute Gasteiger partial charge is 0.137 e. The van der Waals surface area contributed by atoms with Crippen LogP contribution in [0.4, 0.5) is 0 Å². The quantitative estimate of drug-likeness (QED) is 0.820. The van der Waals surface area contributed by atoms with Crippen LogP contribution in [-0.2, 0) is 6.54 Å².